The van der Waals surface area contributed by atoms with Crippen molar-refractivity contribution in [1.82, 2.24) is 4.98 Å². The van der Waals surface area contributed by atoms with Gasteiger partial charge in [0.1, 0.15) is 0 Å². The van der Waals surface area contributed by atoms with E-state index in [0.717, 1.165) is 12.8 Å². The molecule has 2 rings (SSSR count). The zero-order valence-electron chi connectivity index (χ0n) is 7.14. The van der Waals surface area contributed by atoms with Crippen LogP contribution < -0.4 is 4.74 Å². The first-order valence-corrected chi connectivity index (χ1v) is 4.92. The molecule has 0 amide bonds. The third kappa shape index (κ3) is 2.01. The van der Waals surface area contributed by atoms with Crippen molar-refractivity contribution in [3.05, 3.63) is 26.9 Å². The van der Waals surface area contributed by atoms with Crippen molar-refractivity contribution < 1.29 is 9.66 Å². The Labute approximate surface area is 88.4 Å². The summed E-state index contributed by atoms with van der Waals surface area (Å²) in [6, 6.07) is 1.57. The number of rotatable bonds is 3. The van der Waals surface area contributed by atoms with Crippen molar-refractivity contribution in [1.29, 1.82) is 0 Å². The van der Waals surface area contributed by atoms with Gasteiger partial charge in [-0.3, -0.25) is 0 Å². The first kappa shape index (κ1) is 9.39. The number of hydrogen-bond acceptors (Lipinski definition) is 4. The van der Waals surface area contributed by atoms with Crippen LogP contribution in [0.2, 0.25) is 0 Å². The molecule has 0 aliphatic heterocycles. The summed E-state index contributed by atoms with van der Waals surface area (Å²) in [4.78, 5) is 13.7. The lowest BCUT2D eigenvalue weighted by Crippen LogP contribution is -2.01. The molecule has 1 fully saturated rings. The standard InChI is InChI=1S/C8H7BrN2O3/c9-5-3-7(14-6-1-2-6)8(10-4-5)11(12)13/h3-4,6H,1-2H2. The van der Waals surface area contributed by atoms with E-state index in [-0.39, 0.29) is 17.7 Å². The van der Waals surface area contributed by atoms with E-state index in [1.54, 1.807) is 6.07 Å². The molecule has 1 heterocycles. The molecule has 1 aromatic heterocycles. The van der Waals surface area contributed by atoms with Gasteiger partial charge in [-0.2, -0.15) is 0 Å². The van der Waals surface area contributed by atoms with Crippen molar-refractivity contribution in [2.45, 2.75) is 18.9 Å². The van der Waals surface area contributed by atoms with Crippen molar-refractivity contribution >= 4 is 21.7 Å². The van der Waals surface area contributed by atoms with Crippen LogP contribution in [0.4, 0.5) is 5.82 Å². The normalized spacial score (nSPS) is 15.2. The van der Waals surface area contributed by atoms with Gasteiger partial charge in [0.15, 0.2) is 6.20 Å². The second kappa shape index (κ2) is 3.53. The molecule has 14 heavy (non-hydrogen) atoms. The first-order chi connectivity index (χ1) is 6.66. The van der Waals surface area contributed by atoms with Gasteiger partial charge in [0.05, 0.1) is 10.6 Å². The predicted molar refractivity (Wildman–Crippen MR) is 52.2 cm³/mol. The highest BCUT2D eigenvalue weighted by atomic mass is 79.9. The van der Waals surface area contributed by atoms with Crippen LogP contribution in [0.1, 0.15) is 12.8 Å². The molecule has 1 aliphatic rings. The molecule has 5 nitrogen and oxygen atoms in total. The van der Waals surface area contributed by atoms with E-state index in [2.05, 4.69) is 20.9 Å². The van der Waals surface area contributed by atoms with E-state index in [9.17, 15) is 10.1 Å². The smallest absolute Gasteiger partial charge is 0.406 e. The third-order valence-electron chi connectivity index (χ3n) is 1.79. The van der Waals surface area contributed by atoms with Gasteiger partial charge >= 0.3 is 5.82 Å². The minimum absolute atomic E-state index is 0.129. The van der Waals surface area contributed by atoms with Gasteiger partial charge in [0.2, 0.25) is 5.75 Å². The second-order valence-electron chi connectivity index (χ2n) is 3.05. The highest BCUT2D eigenvalue weighted by Gasteiger charge is 2.28. The topological polar surface area (TPSA) is 65.3 Å². The molecule has 6 heteroatoms. The van der Waals surface area contributed by atoms with Crippen LogP contribution >= 0.6 is 15.9 Å². The molecule has 1 aromatic rings. The summed E-state index contributed by atoms with van der Waals surface area (Å²) in [7, 11) is 0. The third-order valence-corrected chi connectivity index (χ3v) is 2.22. The number of nitrogens with zero attached hydrogens (tertiary/aromatic N) is 2. The van der Waals surface area contributed by atoms with Crippen LogP contribution in [0.25, 0.3) is 0 Å². The number of ether oxygens (including phenoxy) is 1. The van der Waals surface area contributed by atoms with E-state index in [0.29, 0.717) is 4.47 Å². The number of hydrogen-bond donors (Lipinski definition) is 0. The molecular formula is C8H7BrN2O3. The van der Waals surface area contributed by atoms with Gasteiger partial charge < -0.3 is 14.9 Å². The van der Waals surface area contributed by atoms with Crippen molar-refractivity contribution in [3.8, 4) is 5.75 Å². The van der Waals surface area contributed by atoms with Crippen molar-refractivity contribution in [2.24, 2.45) is 0 Å². The number of halogens is 1. The number of pyridine rings is 1. The molecule has 1 aliphatic carbocycles. The Balaban J connectivity index is 2.31. The Kier molecular flexibility index (Phi) is 2.37. The Hall–Kier alpha value is -1.17. The van der Waals surface area contributed by atoms with Crippen LogP contribution in [0.3, 0.4) is 0 Å². The summed E-state index contributed by atoms with van der Waals surface area (Å²) in [5.41, 5.74) is 0. The lowest BCUT2D eigenvalue weighted by Gasteiger charge is -2.03. The number of nitro groups is 1. The summed E-state index contributed by atoms with van der Waals surface area (Å²) >= 11 is 3.19. The fourth-order valence-electron chi connectivity index (χ4n) is 1.00. The van der Waals surface area contributed by atoms with E-state index in [4.69, 9.17) is 4.74 Å². The highest BCUT2D eigenvalue weighted by molar-refractivity contribution is 9.10. The molecular weight excluding hydrogens is 252 g/mol. The molecule has 0 bridgehead atoms. The van der Waals surface area contributed by atoms with Crippen LogP contribution in [0.15, 0.2) is 16.7 Å². The summed E-state index contributed by atoms with van der Waals surface area (Å²) in [6.07, 6.45) is 3.44. The molecule has 0 N–H and O–H groups in total. The summed E-state index contributed by atoms with van der Waals surface area (Å²) in [6.45, 7) is 0. The van der Waals surface area contributed by atoms with E-state index < -0.39 is 4.92 Å². The van der Waals surface area contributed by atoms with Crippen LogP contribution in [-0.4, -0.2) is 16.0 Å². The van der Waals surface area contributed by atoms with E-state index in [1.807, 2.05) is 0 Å². The SMILES string of the molecule is O=[N+]([O-])c1ncc(Br)cc1OC1CC1. The fraction of sp³-hybridized carbons (Fsp3) is 0.375. The second-order valence-corrected chi connectivity index (χ2v) is 3.97. The van der Waals surface area contributed by atoms with Crippen LogP contribution in [0, 0.1) is 10.1 Å². The van der Waals surface area contributed by atoms with E-state index in [1.165, 1.54) is 6.20 Å². The minimum atomic E-state index is -0.538. The molecule has 0 radical (unpaired) electrons. The quantitative estimate of drug-likeness (QED) is 0.617. The largest absolute Gasteiger partial charge is 0.482 e. The lowest BCUT2D eigenvalue weighted by molar-refractivity contribution is -0.390. The maximum atomic E-state index is 10.6. The Morgan fingerprint density at radius 2 is 2.36 bits per heavy atom. The molecule has 0 aromatic carbocycles. The van der Waals surface area contributed by atoms with Crippen LogP contribution in [-0.2, 0) is 0 Å². The van der Waals surface area contributed by atoms with E-state index >= 15 is 0 Å². The van der Waals surface area contributed by atoms with Gasteiger partial charge in [-0.25, -0.2) is 0 Å². The molecule has 1 saturated carbocycles. The number of aromatic nitrogens is 1. The van der Waals surface area contributed by atoms with Gasteiger partial charge in [-0.1, -0.05) is 0 Å². The van der Waals surface area contributed by atoms with Crippen LogP contribution in [0.5, 0.6) is 5.75 Å². The molecule has 0 unspecified atom stereocenters. The molecule has 0 spiro atoms. The maximum absolute atomic E-state index is 10.6. The van der Waals surface area contributed by atoms with Gasteiger partial charge in [0, 0.05) is 6.07 Å². The summed E-state index contributed by atoms with van der Waals surface area (Å²) < 4.78 is 6.04. The Morgan fingerprint density at radius 1 is 1.64 bits per heavy atom. The lowest BCUT2D eigenvalue weighted by atomic mass is 10.4. The first-order valence-electron chi connectivity index (χ1n) is 4.13. The Morgan fingerprint density at radius 3 is 2.93 bits per heavy atom. The van der Waals surface area contributed by atoms with Gasteiger partial charge in [-0.15, -0.1) is 0 Å². The average molecular weight is 259 g/mol. The minimum Gasteiger partial charge on any atom is -0.482 e. The van der Waals surface area contributed by atoms with Gasteiger partial charge in [-0.05, 0) is 38.7 Å². The predicted octanol–water partition coefficient (Wildman–Crippen LogP) is 2.29. The molecule has 74 valence electrons. The monoisotopic (exact) mass is 258 g/mol. The summed E-state index contributed by atoms with van der Waals surface area (Å²) in [5, 5.41) is 10.6. The highest BCUT2D eigenvalue weighted by Crippen LogP contribution is 2.33. The molecule has 0 saturated heterocycles. The zero-order chi connectivity index (χ0) is 10.1. The fourth-order valence-corrected chi connectivity index (χ4v) is 1.31. The average Bonchev–Trinajstić information content (AvgIpc) is 2.87. The molecule has 0 atom stereocenters. The van der Waals surface area contributed by atoms with Gasteiger partial charge in [0.25, 0.3) is 0 Å². The van der Waals surface area contributed by atoms with Crippen molar-refractivity contribution in [2.75, 3.05) is 0 Å². The Bertz CT molecular complexity index is 379. The maximum Gasteiger partial charge on any atom is 0.406 e. The van der Waals surface area contributed by atoms with Crippen molar-refractivity contribution in [3.63, 3.8) is 0 Å². The summed E-state index contributed by atoms with van der Waals surface area (Å²) in [5.74, 6) is 0.0203. The zero-order valence-corrected chi connectivity index (χ0v) is 8.73.